The SMILES string of the molecule is COc1ccc(Cl)cc1CNC(C)c1ccc(Cl)c(Cl)c1. The third-order valence-electron chi connectivity index (χ3n) is 3.28. The molecule has 1 N–H and O–H groups in total. The molecule has 1 unspecified atom stereocenters. The second kappa shape index (κ2) is 7.37. The summed E-state index contributed by atoms with van der Waals surface area (Å²) in [4.78, 5) is 0. The third-order valence-corrected chi connectivity index (χ3v) is 4.26. The van der Waals surface area contributed by atoms with Crippen LogP contribution in [0.1, 0.15) is 24.1 Å². The van der Waals surface area contributed by atoms with Crippen LogP contribution in [0.3, 0.4) is 0 Å². The number of rotatable bonds is 5. The van der Waals surface area contributed by atoms with Gasteiger partial charge in [0.15, 0.2) is 0 Å². The molecule has 112 valence electrons. The summed E-state index contributed by atoms with van der Waals surface area (Å²) in [5.41, 5.74) is 2.09. The van der Waals surface area contributed by atoms with Crippen LogP contribution in [0.25, 0.3) is 0 Å². The molecule has 0 aliphatic heterocycles. The summed E-state index contributed by atoms with van der Waals surface area (Å²) in [6.07, 6.45) is 0. The predicted octanol–water partition coefficient (Wildman–Crippen LogP) is 5.51. The van der Waals surface area contributed by atoms with Gasteiger partial charge in [0.25, 0.3) is 0 Å². The fraction of sp³-hybridized carbons (Fsp3) is 0.250. The van der Waals surface area contributed by atoms with Crippen LogP contribution < -0.4 is 10.1 Å². The summed E-state index contributed by atoms with van der Waals surface area (Å²) in [5, 5.41) is 5.23. The Labute approximate surface area is 140 Å². The molecule has 0 saturated heterocycles. The zero-order valence-electron chi connectivity index (χ0n) is 11.8. The van der Waals surface area contributed by atoms with Crippen molar-refractivity contribution >= 4 is 34.8 Å². The fourth-order valence-corrected chi connectivity index (χ4v) is 2.55. The van der Waals surface area contributed by atoms with Gasteiger partial charge in [-0.2, -0.15) is 0 Å². The van der Waals surface area contributed by atoms with Gasteiger partial charge in [0.05, 0.1) is 17.2 Å². The van der Waals surface area contributed by atoms with Crippen LogP contribution >= 0.6 is 34.8 Å². The fourth-order valence-electron chi connectivity index (χ4n) is 2.05. The first-order valence-electron chi connectivity index (χ1n) is 6.52. The van der Waals surface area contributed by atoms with E-state index in [1.54, 1.807) is 13.2 Å². The van der Waals surface area contributed by atoms with Crippen LogP contribution in [-0.2, 0) is 6.54 Å². The first kappa shape index (κ1) is 16.4. The maximum Gasteiger partial charge on any atom is 0.123 e. The summed E-state index contributed by atoms with van der Waals surface area (Å²) in [6, 6.07) is 11.3. The number of benzene rings is 2. The number of hydrogen-bond acceptors (Lipinski definition) is 2. The van der Waals surface area contributed by atoms with E-state index in [2.05, 4.69) is 12.2 Å². The Morgan fingerprint density at radius 3 is 2.48 bits per heavy atom. The molecule has 0 fully saturated rings. The summed E-state index contributed by atoms with van der Waals surface area (Å²) < 4.78 is 5.34. The normalized spacial score (nSPS) is 12.2. The van der Waals surface area contributed by atoms with E-state index in [0.29, 0.717) is 21.6 Å². The minimum absolute atomic E-state index is 0.128. The van der Waals surface area contributed by atoms with Gasteiger partial charge in [0.1, 0.15) is 5.75 Å². The number of ether oxygens (including phenoxy) is 1. The Bertz CT molecular complexity index is 631. The molecule has 0 aliphatic rings. The van der Waals surface area contributed by atoms with Gasteiger partial charge in [-0.15, -0.1) is 0 Å². The number of methoxy groups -OCH3 is 1. The molecule has 1 atom stereocenters. The Morgan fingerprint density at radius 2 is 1.81 bits per heavy atom. The topological polar surface area (TPSA) is 21.3 Å². The molecule has 0 spiro atoms. The van der Waals surface area contributed by atoms with Gasteiger partial charge in [-0.3, -0.25) is 0 Å². The van der Waals surface area contributed by atoms with E-state index >= 15 is 0 Å². The van der Waals surface area contributed by atoms with E-state index < -0.39 is 0 Å². The minimum atomic E-state index is 0.128. The lowest BCUT2D eigenvalue weighted by Gasteiger charge is -2.16. The average Bonchev–Trinajstić information content (AvgIpc) is 2.47. The number of hydrogen-bond donors (Lipinski definition) is 1. The zero-order valence-corrected chi connectivity index (χ0v) is 14.1. The van der Waals surface area contributed by atoms with Gasteiger partial charge in [-0.05, 0) is 42.8 Å². The van der Waals surface area contributed by atoms with Crippen molar-refractivity contribution in [3.63, 3.8) is 0 Å². The molecule has 2 rings (SSSR count). The molecule has 0 saturated carbocycles. The molecule has 0 amide bonds. The molecule has 0 aliphatic carbocycles. The molecular formula is C16H16Cl3NO. The Kier molecular flexibility index (Phi) is 5.77. The van der Waals surface area contributed by atoms with Crippen LogP contribution in [0.15, 0.2) is 36.4 Å². The highest BCUT2D eigenvalue weighted by atomic mass is 35.5. The highest BCUT2D eigenvalue weighted by Gasteiger charge is 2.09. The van der Waals surface area contributed by atoms with E-state index in [9.17, 15) is 0 Å². The Hall–Kier alpha value is -0.930. The van der Waals surface area contributed by atoms with Crippen molar-refractivity contribution in [3.8, 4) is 5.75 Å². The second-order valence-electron chi connectivity index (χ2n) is 4.73. The Morgan fingerprint density at radius 1 is 1.05 bits per heavy atom. The molecule has 0 bridgehead atoms. The molecule has 5 heteroatoms. The lowest BCUT2D eigenvalue weighted by Crippen LogP contribution is -2.18. The van der Waals surface area contributed by atoms with Gasteiger partial charge in [0, 0.05) is 23.2 Å². The van der Waals surface area contributed by atoms with Gasteiger partial charge in [-0.25, -0.2) is 0 Å². The standard InChI is InChI=1S/C16H16Cl3NO/c1-10(11-3-5-14(18)15(19)8-11)20-9-12-7-13(17)4-6-16(12)21-2/h3-8,10,20H,9H2,1-2H3. The molecule has 2 nitrogen and oxygen atoms in total. The molecule has 21 heavy (non-hydrogen) atoms. The second-order valence-corrected chi connectivity index (χ2v) is 5.98. The number of nitrogens with one attached hydrogen (secondary N) is 1. The van der Waals surface area contributed by atoms with Crippen LogP contribution in [0, 0.1) is 0 Å². The molecule has 0 radical (unpaired) electrons. The average molecular weight is 345 g/mol. The monoisotopic (exact) mass is 343 g/mol. The van der Waals surface area contributed by atoms with Crippen LogP contribution in [0.2, 0.25) is 15.1 Å². The molecule has 2 aromatic rings. The quantitative estimate of drug-likeness (QED) is 0.772. The first-order valence-corrected chi connectivity index (χ1v) is 7.65. The van der Waals surface area contributed by atoms with Gasteiger partial charge >= 0.3 is 0 Å². The van der Waals surface area contributed by atoms with E-state index in [-0.39, 0.29) is 6.04 Å². The van der Waals surface area contributed by atoms with E-state index in [1.807, 2.05) is 30.3 Å². The summed E-state index contributed by atoms with van der Waals surface area (Å²) in [7, 11) is 1.65. The van der Waals surface area contributed by atoms with Crippen molar-refractivity contribution in [2.75, 3.05) is 7.11 Å². The van der Waals surface area contributed by atoms with Crippen LogP contribution in [0.4, 0.5) is 0 Å². The van der Waals surface area contributed by atoms with Crippen molar-refractivity contribution in [2.45, 2.75) is 19.5 Å². The van der Waals surface area contributed by atoms with Crippen molar-refractivity contribution < 1.29 is 4.74 Å². The van der Waals surface area contributed by atoms with Gasteiger partial charge in [0.2, 0.25) is 0 Å². The molecular weight excluding hydrogens is 329 g/mol. The van der Waals surface area contributed by atoms with E-state index in [0.717, 1.165) is 16.9 Å². The molecule has 0 aromatic heterocycles. The zero-order chi connectivity index (χ0) is 15.4. The van der Waals surface area contributed by atoms with Gasteiger partial charge < -0.3 is 10.1 Å². The van der Waals surface area contributed by atoms with Crippen molar-refractivity contribution in [1.29, 1.82) is 0 Å². The third kappa shape index (κ3) is 4.27. The summed E-state index contributed by atoms with van der Waals surface area (Å²) in [6.45, 7) is 2.71. The summed E-state index contributed by atoms with van der Waals surface area (Å²) in [5.74, 6) is 0.813. The van der Waals surface area contributed by atoms with Gasteiger partial charge in [-0.1, -0.05) is 40.9 Å². The summed E-state index contributed by atoms with van der Waals surface area (Å²) >= 11 is 18.0. The van der Waals surface area contributed by atoms with Crippen molar-refractivity contribution in [2.24, 2.45) is 0 Å². The highest BCUT2D eigenvalue weighted by molar-refractivity contribution is 6.42. The molecule has 0 heterocycles. The van der Waals surface area contributed by atoms with E-state index in [4.69, 9.17) is 39.5 Å². The lowest BCUT2D eigenvalue weighted by atomic mass is 10.1. The smallest absolute Gasteiger partial charge is 0.123 e. The van der Waals surface area contributed by atoms with Crippen molar-refractivity contribution in [1.82, 2.24) is 5.32 Å². The predicted molar refractivity (Wildman–Crippen MR) is 89.7 cm³/mol. The van der Waals surface area contributed by atoms with Crippen LogP contribution in [-0.4, -0.2) is 7.11 Å². The van der Waals surface area contributed by atoms with Crippen LogP contribution in [0.5, 0.6) is 5.75 Å². The van der Waals surface area contributed by atoms with Crippen molar-refractivity contribution in [3.05, 3.63) is 62.6 Å². The number of halogens is 3. The maximum absolute atomic E-state index is 6.05. The lowest BCUT2D eigenvalue weighted by molar-refractivity contribution is 0.406. The van der Waals surface area contributed by atoms with E-state index in [1.165, 1.54) is 0 Å². The minimum Gasteiger partial charge on any atom is -0.496 e. The maximum atomic E-state index is 6.05. The Balaban J connectivity index is 2.08. The largest absolute Gasteiger partial charge is 0.496 e. The highest BCUT2D eigenvalue weighted by Crippen LogP contribution is 2.27. The first-order chi connectivity index (χ1) is 10.0. The molecule has 2 aromatic carbocycles.